The highest BCUT2D eigenvalue weighted by atomic mass is 19.4. The molecule has 1 aliphatic rings. The van der Waals surface area contributed by atoms with Gasteiger partial charge in [0.1, 0.15) is 11.9 Å². The fourth-order valence-corrected chi connectivity index (χ4v) is 4.64. The molecular formula is C29H36F3N3O6. The predicted octanol–water partition coefficient (Wildman–Crippen LogP) is 3.95. The largest absolute Gasteiger partial charge is 0.488 e. The molecule has 0 radical (unpaired) electrons. The lowest BCUT2D eigenvalue weighted by molar-refractivity contribution is -0.142. The lowest BCUT2D eigenvalue weighted by Gasteiger charge is -2.34. The monoisotopic (exact) mass is 579 g/mol. The number of aromatic carboxylic acids is 1. The van der Waals surface area contributed by atoms with Crippen molar-refractivity contribution in [1.82, 2.24) is 9.80 Å². The molecule has 2 amide bonds. The number of halogens is 3. The van der Waals surface area contributed by atoms with Crippen LogP contribution in [0.5, 0.6) is 5.75 Å². The Balaban J connectivity index is 1.83. The molecule has 2 aromatic carbocycles. The van der Waals surface area contributed by atoms with Gasteiger partial charge in [0.2, 0.25) is 11.8 Å². The number of carbonyl (C=O) groups excluding carboxylic acids is 2. The van der Waals surface area contributed by atoms with Crippen molar-refractivity contribution in [2.24, 2.45) is 5.92 Å². The number of likely N-dealkylation sites (N-methyl/N-ethyl adjacent to an activating group) is 1. The Kier molecular flexibility index (Phi) is 10.7. The molecule has 41 heavy (non-hydrogen) atoms. The Morgan fingerprint density at radius 2 is 1.88 bits per heavy atom. The van der Waals surface area contributed by atoms with Crippen LogP contribution in [0.2, 0.25) is 0 Å². The summed E-state index contributed by atoms with van der Waals surface area (Å²) in [4.78, 5) is 40.2. The van der Waals surface area contributed by atoms with E-state index in [0.29, 0.717) is 30.9 Å². The molecule has 0 spiro atoms. The number of benzene rings is 2. The van der Waals surface area contributed by atoms with Gasteiger partial charge >= 0.3 is 12.1 Å². The molecule has 3 atom stereocenters. The third-order valence-electron chi connectivity index (χ3n) is 6.98. The van der Waals surface area contributed by atoms with Crippen molar-refractivity contribution < 1.29 is 42.5 Å². The molecule has 12 heteroatoms. The van der Waals surface area contributed by atoms with Crippen molar-refractivity contribution in [3.8, 4) is 5.75 Å². The molecule has 0 aromatic heterocycles. The van der Waals surface area contributed by atoms with Gasteiger partial charge < -0.3 is 25.2 Å². The van der Waals surface area contributed by atoms with Crippen molar-refractivity contribution in [2.75, 3.05) is 32.1 Å². The van der Waals surface area contributed by atoms with Gasteiger partial charge in [-0.15, -0.1) is 0 Å². The summed E-state index contributed by atoms with van der Waals surface area (Å²) >= 11 is 0. The standard InChI is InChI=1S/C29H36F3N3O6/c1-18-14-35(19(2)17-36)27(38)13-22-12-23(33-26(37)10-11-29(30,31)32)8-9-24(22)41-25(18)16-34(3)15-20-4-6-21(7-5-20)28(39)40/h4-9,12,18-19,25,36H,10-11,13-17H2,1-3H3,(H,33,37)(H,39,40)/t18-,19-,25+/m1/s1. The van der Waals surface area contributed by atoms with Crippen LogP contribution in [0.4, 0.5) is 18.9 Å². The van der Waals surface area contributed by atoms with Gasteiger partial charge in [-0.2, -0.15) is 13.2 Å². The minimum atomic E-state index is -4.45. The summed E-state index contributed by atoms with van der Waals surface area (Å²) in [5, 5.41) is 21.4. The van der Waals surface area contributed by atoms with E-state index in [4.69, 9.17) is 9.84 Å². The number of amides is 2. The molecule has 0 bridgehead atoms. The third-order valence-corrected chi connectivity index (χ3v) is 6.98. The molecule has 1 heterocycles. The number of fused-ring (bicyclic) bond motifs is 1. The van der Waals surface area contributed by atoms with Crippen LogP contribution < -0.4 is 10.1 Å². The number of nitrogens with zero attached hydrogens (tertiary/aromatic N) is 2. The smallest absolute Gasteiger partial charge is 0.389 e. The summed E-state index contributed by atoms with van der Waals surface area (Å²) in [6.07, 6.45) is -6.89. The fourth-order valence-electron chi connectivity index (χ4n) is 4.64. The second kappa shape index (κ2) is 13.8. The first-order chi connectivity index (χ1) is 19.3. The summed E-state index contributed by atoms with van der Waals surface area (Å²) in [5.74, 6) is -1.79. The summed E-state index contributed by atoms with van der Waals surface area (Å²) in [5.41, 5.74) is 1.81. The maximum Gasteiger partial charge on any atom is 0.389 e. The highest BCUT2D eigenvalue weighted by molar-refractivity contribution is 5.91. The number of hydrogen-bond donors (Lipinski definition) is 3. The Hall–Kier alpha value is -3.64. The third kappa shape index (κ3) is 9.46. The first kappa shape index (κ1) is 31.9. The summed E-state index contributed by atoms with van der Waals surface area (Å²) in [6, 6.07) is 10.8. The molecule has 3 rings (SSSR count). The van der Waals surface area contributed by atoms with Gasteiger partial charge in [-0.05, 0) is 49.9 Å². The van der Waals surface area contributed by atoms with Crippen LogP contribution in [0.25, 0.3) is 0 Å². The molecule has 3 N–H and O–H groups in total. The van der Waals surface area contributed by atoms with Crippen LogP contribution in [-0.2, 0) is 22.6 Å². The average molecular weight is 580 g/mol. The molecular weight excluding hydrogens is 543 g/mol. The molecule has 2 aromatic rings. The summed E-state index contributed by atoms with van der Waals surface area (Å²) in [6.45, 7) is 4.73. The fraction of sp³-hybridized carbons (Fsp3) is 0.483. The van der Waals surface area contributed by atoms with E-state index in [9.17, 15) is 32.7 Å². The highest BCUT2D eigenvalue weighted by Gasteiger charge is 2.31. The maximum absolute atomic E-state index is 13.3. The van der Waals surface area contributed by atoms with Gasteiger partial charge in [-0.1, -0.05) is 19.1 Å². The Labute approximate surface area is 236 Å². The molecule has 224 valence electrons. The average Bonchev–Trinajstić information content (AvgIpc) is 2.94. The van der Waals surface area contributed by atoms with E-state index in [0.717, 1.165) is 5.56 Å². The van der Waals surface area contributed by atoms with Crippen molar-refractivity contribution in [2.45, 2.75) is 58.0 Å². The van der Waals surface area contributed by atoms with Crippen LogP contribution in [0.15, 0.2) is 42.5 Å². The van der Waals surface area contributed by atoms with Gasteiger partial charge in [0.25, 0.3) is 0 Å². The Morgan fingerprint density at radius 1 is 1.20 bits per heavy atom. The van der Waals surface area contributed by atoms with Crippen molar-refractivity contribution in [3.05, 3.63) is 59.2 Å². The van der Waals surface area contributed by atoms with Crippen LogP contribution in [0.3, 0.4) is 0 Å². The number of carboxylic acids is 1. The number of alkyl halides is 3. The van der Waals surface area contributed by atoms with E-state index in [1.54, 1.807) is 42.2 Å². The number of aliphatic hydroxyl groups excluding tert-OH is 1. The molecule has 0 aliphatic carbocycles. The number of anilines is 1. The van der Waals surface area contributed by atoms with E-state index in [-0.39, 0.29) is 36.1 Å². The van der Waals surface area contributed by atoms with Gasteiger partial charge in [0.15, 0.2) is 0 Å². The zero-order chi connectivity index (χ0) is 30.3. The molecule has 0 saturated carbocycles. The minimum absolute atomic E-state index is 0.0862. The van der Waals surface area contributed by atoms with Crippen LogP contribution in [0, 0.1) is 5.92 Å². The zero-order valence-corrected chi connectivity index (χ0v) is 23.3. The van der Waals surface area contributed by atoms with E-state index in [1.807, 2.05) is 18.9 Å². The van der Waals surface area contributed by atoms with Gasteiger partial charge in [0.05, 0.1) is 31.1 Å². The van der Waals surface area contributed by atoms with Crippen molar-refractivity contribution in [3.63, 3.8) is 0 Å². The van der Waals surface area contributed by atoms with Crippen LogP contribution in [0.1, 0.15) is 48.2 Å². The Morgan fingerprint density at radius 3 is 2.49 bits per heavy atom. The maximum atomic E-state index is 13.3. The lowest BCUT2D eigenvalue weighted by atomic mass is 10.0. The second-order valence-electron chi connectivity index (χ2n) is 10.6. The van der Waals surface area contributed by atoms with Crippen LogP contribution in [-0.4, -0.2) is 82.9 Å². The number of carboxylic acid groups (broad SMARTS) is 1. The van der Waals surface area contributed by atoms with Crippen LogP contribution >= 0.6 is 0 Å². The first-order valence-electron chi connectivity index (χ1n) is 13.3. The second-order valence-corrected chi connectivity index (χ2v) is 10.6. The number of nitrogens with one attached hydrogen (secondary N) is 1. The van der Waals surface area contributed by atoms with E-state index >= 15 is 0 Å². The first-order valence-corrected chi connectivity index (χ1v) is 13.3. The number of rotatable bonds is 10. The topological polar surface area (TPSA) is 119 Å². The summed E-state index contributed by atoms with van der Waals surface area (Å²) in [7, 11) is 1.90. The molecule has 9 nitrogen and oxygen atoms in total. The van der Waals surface area contributed by atoms with Gasteiger partial charge in [-0.3, -0.25) is 14.5 Å². The Bertz CT molecular complexity index is 1220. The molecule has 0 saturated heterocycles. The normalized spacial score (nSPS) is 18.5. The summed E-state index contributed by atoms with van der Waals surface area (Å²) < 4.78 is 44.0. The predicted molar refractivity (Wildman–Crippen MR) is 146 cm³/mol. The SMILES string of the molecule is C[C@@H]1CN([C@H](C)CO)C(=O)Cc2cc(NC(=O)CCC(F)(F)F)ccc2O[C@H]1CN(C)Cc1ccc(C(=O)O)cc1. The molecule has 1 aliphatic heterocycles. The minimum Gasteiger partial charge on any atom is -0.488 e. The van der Waals surface area contributed by atoms with E-state index in [2.05, 4.69) is 5.32 Å². The zero-order valence-electron chi connectivity index (χ0n) is 23.3. The van der Waals surface area contributed by atoms with Crippen molar-refractivity contribution in [1.29, 1.82) is 0 Å². The highest BCUT2D eigenvalue weighted by Crippen LogP contribution is 2.30. The lowest BCUT2D eigenvalue weighted by Crippen LogP contribution is -2.47. The number of ether oxygens (including phenoxy) is 1. The van der Waals surface area contributed by atoms with E-state index in [1.165, 1.54) is 12.1 Å². The van der Waals surface area contributed by atoms with Gasteiger partial charge in [-0.25, -0.2) is 4.79 Å². The molecule has 0 fully saturated rings. The van der Waals surface area contributed by atoms with Crippen molar-refractivity contribution >= 4 is 23.5 Å². The quantitative estimate of drug-likeness (QED) is 0.390. The number of aliphatic hydroxyl groups is 1. The van der Waals surface area contributed by atoms with E-state index < -0.39 is 43.0 Å². The molecule has 0 unspecified atom stereocenters. The number of hydrogen-bond acceptors (Lipinski definition) is 6. The van der Waals surface area contributed by atoms with Gasteiger partial charge in [0, 0.05) is 43.2 Å². The number of carbonyl (C=O) groups is 3.